The molecule has 0 atom stereocenters. The summed E-state index contributed by atoms with van der Waals surface area (Å²) in [5.74, 6) is -2.42. The molecule has 0 spiro atoms. The molecule has 0 aliphatic heterocycles. The molecule has 0 bridgehead atoms. The Morgan fingerprint density at radius 1 is 0.929 bits per heavy atom. The van der Waals surface area contributed by atoms with Crippen molar-refractivity contribution in [3.05, 3.63) is 60.2 Å². The molecule has 28 heavy (non-hydrogen) atoms. The van der Waals surface area contributed by atoms with Crippen molar-refractivity contribution in [2.24, 2.45) is 11.8 Å². The largest absolute Gasteiger partial charge is 0.321 e. The van der Waals surface area contributed by atoms with E-state index in [0.29, 0.717) is 32.2 Å². The third-order valence-corrected chi connectivity index (χ3v) is 5.31. The minimum atomic E-state index is -0.793. The van der Waals surface area contributed by atoms with E-state index in [2.05, 4.69) is 5.32 Å². The molecular weight excluding hydrogens is 362 g/mol. The Balaban J connectivity index is 1.59. The van der Waals surface area contributed by atoms with Gasteiger partial charge in [-0.15, -0.1) is 0 Å². The first-order chi connectivity index (χ1) is 13.5. The Morgan fingerprint density at radius 3 is 2.07 bits per heavy atom. The Bertz CT molecular complexity index is 813. The monoisotopic (exact) mass is 386 g/mol. The van der Waals surface area contributed by atoms with E-state index in [1.165, 1.54) is 6.07 Å². The normalized spacial score (nSPS) is 19.1. The zero-order valence-corrected chi connectivity index (χ0v) is 15.8. The number of nitrogens with zero attached hydrogens (tertiary/aromatic N) is 1. The van der Waals surface area contributed by atoms with E-state index in [1.54, 1.807) is 4.90 Å². The maximum atomic E-state index is 13.7. The maximum Gasteiger partial charge on any atom is 0.230 e. The van der Waals surface area contributed by atoms with Gasteiger partial charge in [0.15, 0.2) is 0 Å². The number of carbonyl (C=O) groups excluding carboxylic acids is 2. The van der Waals surface area contributed by atoms with E-state index in [1.807, 2.05) is 37.3 Å². The minimum absolute atomic E-state index is 0.0627. The average molecular weight is 386 g/mol. The molecule has 0 unspecified atom stereocenters. The molecule has 148 valence electrons. The Hall–Kier alpha value is -2.76. The van der Waals surface area contributed by atoms with Crippen LogP contribution in [0.5, 0.6) is 0 Å². The molecule has 1 aliphatic rings. The average Bonchev–Trinajstić information content (AvgIpc) is 2.72. The van der Waals surface area contributed by atoms with Gasteiger partial charge in [-0.3, -0.25) is 9.59 Å². The third kappa shape index (κ3) is 4.38. The summed E-state index contributed by atoms with van der Waals surface area (Å²) >= 11 is 0. The first-order valence-corrected chi connectivity index (χ1v) is 9.62. The molecule has 1 fully saturated rings. The van der Waals surface area contributed by atoms with Crippen molar-refractivity contribution < 1.29 is 18.4 Å². The lowest BCUT2D eigenvalue weighted by molar-refractivity contribution is -0.126. The molecule has 1 aliphatic carbocycles. The van der Waals surface area contributed by atoms with Gasteiger partial charge in [-0.2, -0.15) is 0 Å². The molecule has 0 heterocycles. The summed E-state index contributed by atoms with van der Waals surface area (Å²) in [4.78, 5) is 27.1. The number of rotatable bonds is 5. The highest BCUT2D eigenvalue weighted by Crippen LogP contribution is 2.32. The van der Waals surface area contributed by atoms with Crippen molar-refractivity contribution in [1.82, 2.24) is 0 Å². The molecule has 0 saturated heterocycles. The van der Waals surface area contributed by atoms with Crippen LogP contribution in [0.1, 0.15) is 32.6 Å². The number of hydrogen-bond donors (Lipinski definition) is 1. The van der Waals surface area contributed by atoms with Gasteiger partial charge in [-0.1, -0.05) is 24.3 Å². The zero-order valence-electron chi connectivity index (χ0n) is 15.8. The third-order valence-electron chi connectivity index (χ3n) is 5.31. The van der Waals surface area contributed by atoms with E-state index in [4.69, 9.17) is 0 Å². The number of benzene rings is 2. The van der Waals surface area contributed by atoms with Crippen LogP contribution in [0.15, 0.2) is 48.5 Å². The zero-order chi connectivity index (χ0) is 20.1. The van der Waals surface area contributed by atoms with Crippen molar-refractivity contribution in [3.63, 3.8) is 0 Å². The van der Waals surface area contributed by atoms with Gasteiger partial charge in [0.1, 0.15) is 17.3 Å². The summed E-state index contributed by atoms with van der Waals surface area (Å²) in [6, 6.07) is 13.0. The Labute approximate surface area is 163 Å². The second kappa shape index (κ2) is 8.95. The van der Waals surface area contributed by atoms with Crippen molar-refractivity contribution in [2.45, 2.75) is 32.6 Å². The van der Waals surface area contributed by atoms with Crippen LogP contribution < -0.4 is 10.2 Å². The highest BCUT2D eigenvalue weighted by Gasteiger charge is 2.32. The first-order valence-electron chi connectivity index (χ1n) is 9.62. The summed E-state index contributed by atoms with van der Waals surface area (Å²) in [7, 11) is 0. The van der Waals surface area contributed by atoms with E-state index in [-0.39, 0.29) is 17.7 Å². The van der Waals surface area contributed by atoms with Crippen molar-refractivity contribution in [2.75, 3.05) is 16.8 Å². The van der Waals surface area contributed by atoms with Crippen LogP contribution in [0.2, 0.25) is 0 Å². The first kappa shape index (κ1) is 20.0. The number of halogens is 2. The quantitative estimate of drug-likeness (QED) is 0.805. The summed E-state index contributed by atoms with van der Waals surface area (Å²) in [5, 5.41) is 2.37. The van der Waals surface area contributed by atoms with Gasteiger partial charge in [0.25, 0.3) is 0 Å². The second-order valence-corrected chi connectivity index (χ2v) is 7.05. The molecular formula is C22H24F2N2O2. The maximum absolute atomic E-state index is 13.7. The van der Waals surface area contributed by atoms with Crippen LogP contribution in [-0.4, -0.2) is 18.4 Å². The van der Waals surface area contributed by atoms with Crippen molar-refractivity contribution >= 4 is 23.2 Å². The topological polar surface area (TPSA) is 49.4 Å². The lowest BCUT2D eigenvalue weighted by Crippen LogP contribution is -2.39. The van der Waals surface area contributed by atoms with E-state index in [9.17, 15) is 18.4 Å². The molecule has 2 aromatic carbocycles. The van der Waals surface area contributed by atoms with Crippen LogP contribution in [-0.2, 0) is 9.59 Å². The fourth-order valence-electron chi connectivity index (χ4n) is 3.74. The van der Waals surface area contributed by atoms with Crippen molar-refractivity contribution in [3.8, 4) is 0 Å². The number of anilines is 2. The standard InChI is InChI=1S/C22H24F2N2O2/c1-2-26(17-7-4-3-5-8-17)22(28)16-13-11-15(12-14-16)21(27)25-20-18(23)9-6-10-19(20)24/h3-10,15-16H,2,11-14H2,1H3,(H,25,27). The highest BCUT2D eigenvalue weighted by atomic mass is 19.1. The summed E-state index contributed by atoms with van der Waals surface area (Å²) in [6.07, 6.45) is 2.20. The van der Waals surface area contributed by atoms with Gasteiger partial charge in [0, 0.05) is 24.1 Å². The Kier molecular flexibility index (Phi) is 6.39. The molecule has 1 saturated carbocycles. The number of para-hydroxylation sites is 2. The lowest BCUT2D eigenvalue weighted by Gasteiger charge is -2.31. The molecule has 1 N–H and O–H groups in total. The predicted octanol–water partition coefficient (Wildman–Crippen LogP) is 4.76. The van der Waals surface area contributed by atoms with Crippen LogP contribution in [0.3, 0.4) is 0 Å². The van der Waals surface area contributed by atoms with E-state index in [0.717, 1.165) is 17.8 Å². The lowest BCUT2D eigenvalue weighted by atomic mass is 9.80. The predicted molar refractivity (Wildman–Crippen MR) is 105 cm³/mol. The van der Waals surface area contributed by atoms with Gasteiger partial charge >= 0.3 is 0 Å². The van der Waals surface area contributed by atoms with Gasteiger partial charge in [0.2, 0.25) is 11.8 Å². The van der Waals surface area contributed by atoms with Crippen LogP contribution >= 0.6 is 0 Å². The van der Waals surface area contributed by atoms with Gasteiger partial charge in [-0.25, -0.2) is 8.78 Å². The highest BCUT2D eigenvalue weighted by molar-refractivity contribution is 5.96. The number of hydrogen-bond acceptors (Lipinski definition) is 2. The SMILES string of the molecule is CCN(C(=O)C1CCC(C(=O)Nc2c(F)cccc2F)CC1)c1ccccc1. The molecule has 6 heteroatoms. The Morgan fingerprint density at radius 2 is 1.50 bits per heavy atom. The summed E-state index contributed by atoms with van der Waals surface area (Å²) < 4.78 is 27.5. The fraction of sp³-hybridized carbons (Fsp3) is 0.364. The van der Waals surface area contributed by atoms with Gasteiger partial charge < -0.3 is 10.2 Å². The van der Waals surface area contributed by atoms with Gasteiger partial charge in [0.05, 0.1) is 0 Å². The second-order valence-electron chi connectivity index (χ2n) is 7.05. The molecule has 4 nitrogen and oxygen atoms in total. The van der Waals surface area contributed by atoms with Crippen molar-refractivity contribution in [1.29, 1.82) is 0 Å². The molecule has 2 aromatic rings. The van der Waals surface area contributed by atoms with Crippen LogP contribution in [0.4, 0.5) is 20.2 Å². The van der Waals surface area contributed by atoms with Gasteiger partial charge in [-0.05, 0) is 56.9 Å². The summed E-state index contributed by atoms with van der Waals surface area (Å²) in [6.45, 7) is 2.52. The fourth-order valence-corrected chi connectivity index (χ4v) is 3.74. The number of nitrogens with one attached hydrogen (secondary N) is 1. The van der Waals surface area contributed by atoms with E-state index >= 15 is 0 Å². The van der Waals surface area contributed by atoms with Crippen LogP contribution in [0.25, 0.3) is 0 Å². The molecule has 0 radical (unpaired) electrons. The summed E-state index contributed by atoms with van der Waals surface area (Å²) in [5.41, 5.74) is 0.455. The molecule has 2 amide bonds. The van der Waals surface area contributed by atoms with E-state index < -0.39 is 23.2 Å². The molecule has 0 aromatic heterocycles. The number of carbonyl (C=O) groups is 2. The smallest absolute Gasteiger partial charge is 0.230 e. The molecule has 3 rings (SSSR count). The van der Waals surface area contributed by atoms with Crippen LogP contribution in [0, 0.1) is 23.5 Å². The number of amides is 2. The minimum Gasteiger partial charge on any atom is -0.321 e.